The minimum absolute atomic E-state index is 0.874. The van der Waals surface area contributed by atoms with Crippen LogP contribution in [-0.2, 0) is 0 Å². The lowest BCUT2D eigenvalue weighted by Crippen LogP contribution is -2.74. The van der Waals surface area contributed by atoms with Gasteiger partial charge in [-0.15, -0.1) is 0 Å². The molecule has 0 bridgehead atoms. The standard InChI is InChI=1S/C50H35NOSi/c1-4-19-39(20-5-1)53(40-21-6-2-7-22-40,41-23-8-3-9-24-41)42-33-31-38(32-34-42)51(46-27-14-18-36-16-10-12-25-43(36)46)47-28-15-29-48-49(47)45-35-30-37-17-11-13-26-44(37)50(45)52-48/h1-35H. The van der Waals surface area contributed by atoms with Crippen molar-refractivity contribution in [2.75, 3.05) is 4.90 Å². The van der Waals surface area contributed by atoms with E-state index in [0.717, 1.165) is 44.4 Å². The Hall–Kier alpha value is -6.68. The van der Waals surface area contributed by atoms with Crippen LogP contribution in [0.2, 0.25) is 0 Å². The molecule has 0 atom stereocenters. The molecule has 0 fully saturated rings. The third-order valence-electron chi connectivity index (χ3n) is 10.8. The second kappa shape index (κ2) is 12.8. The van der Waals surface area contributed by atoms with Crippen LogP contribution < -0.4 is 25.6 Å². The van der Waals surface area contributed by atoms with Crippen LogP contribution in [0, 0.1) is 0 Å². The van der Waals surface area contributed by atoms with Crippen molar-refractivity contribution in [3.05, 3.63) is 212 Å². The Bertz CT molecular complexity index is 2780. The highest BCUT2D eigenvalue weighted by atomic mass is 28.3. The largest absolute Gasteiger partial charge is 0.455 e. The summed E-state index contributed by atoms with van der Waals surface area (Å²) in [5.41, 5.74) is 5.09. The van der Waals surface area contributed by atoms with E-state index in [1.165, 1.54) is 36.9 Å². The Morgan fingerprint density at radius 1 is 0.340 bits per heavy atom. The molecule has 0 amide bonds. The highest BCUT2D eigenvalue weighted by Gasteiger charge is 2.41. The number of rotatable bonds is 7. The molecule has 10 aromatic rings. The number of furan rings is 1. The van der Waals surface area contributed by atoms with Crippen molar-refractivity contribution in [2.45, 2.75) is 0 Å². The van der Waals surface area contributed by atoms with Crippen molar-refractivity contribution in [1.82, 2.24) is 0 Å². The lowest BCUT2D eigenvalue weighted by molar-refractivity contribution is 0.672. The van der Waals surface area contributed by atoms with Gasteiger partial charge in [-0.2, -0.15) is 0 Å². The zero-order valence-corrected chi connectivity index (χ0v) is 30.1. The molecule has 0 spiro atoms. The predicted octanol–water partition coefficient (Wildman–Crippen LogP) is 10.7. The molecule has 0 saturated heterocycles. The second-order valence-electron chi connectivity index (χ2n) is 13.6. The van der Waals surface area contributed by atoms with Crippen LogP contribution in [0.1, 0.15) is 0 Å². The second-order valence-corrected chi connectivity index (χ2v) is 17.5. The monoisotopic (exact) mass is 693 g/mol. The van der Waals surface area contributed by atoms with E-state index >= 15 is 0 Å². The fourth-order valence-electron chi connectivity index (χ4n) is 8.46. The summed E-state index contributed by atoms with van der Waals surface area (Å²) < 4.78 is 6.71. The molecule has 250 valence electrons. The Morgan fingerprint density at radius 2 is 0.830 bits per heavy atom. The number of hydrogen-bond acceptors (Lipinski definition) is 2. The van der Waals surface area contributed by atoms with Gasteiger partial charge in [-0.05, 0) is 67.9 Å². The van der Waals surface area contributed by atoms with E-state index in [1.807, 2.05) is 0 Å². The third kappa shape index (κ3) is 5.01. The normalized spacial score (nSPS) is 11.8. The first kappa shape index (κ1) is 31.1. The van der Waals surface area contributed by atoms with Gasteiger partial charge in [0, 0.05) is 21.8 Å². The molecule has 0 N–H and O–H groups in total. The molecule has 0 radical (unpaired) electrons. The van der Waals surface area contributed by atoms with Gasteiger partial charge < -0.3 is 9.32 Å². The van der Waals surface area contributed by atoms with Crippen LogP contribution in [0.4, 0.5) is 17.1 Å². The minimum atomic E-state index is -2.69. The molecule has 0 aliphatic carbocycles. The Kier molecular flexibility index (Phi) is 7.52. The van der Waals surface area contributed by atoms with Crippen molar-refractivity contribution in [1.29, 1.82) is 0 Å². The third-order valence-corrected chi connectivity index (χ3v) is 15.6. The van der Waals surface area contributed by atoms with Crippen molar-refractivity contribution in [3.8, 4) is 0 Å². The van der Waals surface area contributed by atoms with E-state index in [0.29, 0.717) is 0 Å². The van der Waals surface area contributed by atoms with Crippen molar-refractivity contribution >= 4 is 89.4 Å². The Morgan fingerprint density at radius 3 is 1.47 bits per heavy atom. The number of hydrogen-bond donors (Lipinski definition) is 0. The number of benzene rings is 9. The number of nitrogens with zero attached hydrogens (tertiary/aromatic N) is 1. The van der Waals surface area contributed by atoms with Gasteiger partial charge >= 0.3 is 0 Å². The van der Waals surface area contributed by atoms with E-state index in [2.05, 4.69) is 217 Å². The number of fused-ring (bicyclic) bond motifs is 6. The van der Waals surface area contributed by atoms with Gasteiger partial charge in [-0.3, -0.25) is 0 Å². The molecule has 0 aliphatic rings. The average Bonchev–Trinajstić information content (AvgIpc) is 3.63. The molecule has 3 heteroatoms. The first-order valence-corrected chi connectivity index (χ1v) is 20.2. The molecule has 1 heterocycles. The quantitative estimate of drug-likeness (QED) is 0.122. The summed E-state index contributed by atoms with van der Waals surface area (Å²) >= 11 is 0. The summed E-state index contributed by atoms with van der Waals surface area (Å²) in [5, 5.41) is 12.3. The summed E-state index contributed by atoms with van der Waals surface area (Å²) in [7, 11) is -2.69. The van der Waals surface area contributed by atoms with E-state index in [1.54, 1.807) is 0 Å². The van der Waals surface area contributed by atoms with Crippen molar-refractivity contribution in [3.63, 3.8) is 0 Å². The van der Waals surface area contributed by atoms with E-state index in [-0.39, 0.29) is 0 Å². The fraction of sp³-hybridized carbons (Fsp3) is 0. The molecule has 0 aliphatic heterocycles. The lowest BCUT2D eigenvalue weighted by atomic mass is 10.0. The molecular formula is C50H35NOSi. The van der Waals surface area contributed by atoms with E-state index in [9.17, 15) is 0 Å². The van der Waals surface area contributed by atoms with Gasteiger partial charge in [0.05, 0.1) is 16.8 Å². The van der Waals surface area contributed by atoms with Gasteiger partial charge in [0.25, 0.3) is 0 Å². The van der Waals surface area contributed by atoms with Crippen LogP contribution in [-0.4, -0.2) is 8.07 Å². The fourth-order valence-corrected chi connectivity index (χ4v) is 13.2. The summed E-state index contributed by atoms with van der Waals surface area (Å²) in [4.78, 5) is 2.43. The predicted molar refractivity (Wildman–Crippen MR) is 227 cm³/mol. The summed E-state index contributed by atoms with van der Waals surface area (Å²) in [6.07, 6.45) is 0. The Balaban J connectivity index is 1.24. The van der Waals surface area contributed by atoms with Crippen LogP contribution in [0.3, 0.4) is 0 Å². The molecule has 1 aromatic heterocycles. The van der Waals surface area contributed by atoms with Gasteiger partial charge in [0.2, 0.25) is 0 Å². The smallest absolute Gasteiger partial charge is 0.179 e. The van der Waals surface area contributed by atoms with Gasteiger partial charge in [0.1, 0.15) is 11.2 Å². The van der Waals surface area contributed by atoms with Gasteiger partial charge in [-0.25, -0.2) is 0 Å². The first-order valence-electron chi connectivity index (χ1n) is 18.2. The van der Waals surface area contributed by atoms with Crippen LogP contribution in [0.15, 0.2) is 217 Å². The van der Waals surface area contributed by atoms with Gasteiger partial charge in [0.15, 0.2) is 8.07 Å². The van der Waals surface area contributed by atoms with E-state index in [4.69, 9.17) is 4.42 Å². The number of anilines is 3. The topological polar surface area (TPSA) is 16.4 Å². The maximum absolute atomic E-state index is 6.71. The van der Waals surface area contributed by atoms with Crippen LogP contribution in [0.5, 0.6) is 0 Å². The molecular weight excluding hydrogens is 659 g/mol. The maximum atomic E-state index is 6.71. The minimum Gasteiger partial charge on any atom is -0.455 e. The first-order chi connectivity index (χ1) is 26.3. The average molecular weight is 694 g/mol. The Labute approximate surface area is 309 Å². The summed E-state index contributed by atoms with van der Waals surface area (Å²) in [5.74, 6) is 0. The molecule has 53 heavy (non-hydrogen) atoms. The molecule has 9 aromatic carbocycles. The van der Waals surface area contributed by atoms with Gasteiger partial charge in [-0.1, -0.05) is 176 Å². The summed E-state index contributed by atoms with van der Waals surface area (Å²) in [6.45, 7) is 0. The highest BCUT2D eigenvalue weighted by Crippen LogP contribution is 2.45. The van der Waals surface area contributed by atoms with Crippen LogP contribution >= 0.6 is 0 Å². The lowest BCUT2D eigenvalue weighted by Gasteiger charge is -2.35. The van der Waals surface area contributed by atoms with Crippen molar-refractivity contribution < 1.29 is 4.42 Å². The van der Waals surface area contributed by atoms with Crippen LogP contribution in [0.25, 0.3) is 43.5 Å². The molecule has 0 unspecified atom stereocenters. The zero-order chi connectivity index (χ0) is 35.2. The summed E-state index contributed by atoms with van der Waals surface area (Å²) in [6, 6.07) is 77.4. The molecule has 2 nitrogen and oxygen atoms in total. The molecule has 10 rings (SSSR count). The maximum Gasteiger partial charge on any atom is 0.179 e. The SMILES string of the molecule is c1ccc([Si](c2ccccc2)(c2ccccc2)c2ccc(N(c3cccc4ccccc34)c3cccc4oc5c6ccccc6ccc5c34)cc2)cc1. The zero-order valence-electron chi connectivity index (χ0n) is 29.1. The van der Waals surface area contributed by atoms with Crippen molar-refractivity contribution in [2.24, 2.45) is 0 Å². The van der Waals surface area contributed by atoms with E-state index < -0.39 is 8.07 Å². The highest BCUT2D eigenvalue weighted by molar-refractivity contribution is 7.19. The molecule has 0 saturated carbocycles.